The number of aliphatic carboxylic acids is 1. The van der Waals surface area contributed by atoms with Gasteiger partial charge in [-0.1, -0.05) is 0 Å². The van der Waals surface area contributed by atoms with Gasteiger partial charge in [-0.15, -0.1) is 0 Å². The SMILES string of the molecule is CC(=O)N[C@H]1[C@H](O[C@@H]2[C@H](O)[C@@H](O)[C@H](O[C@H]3[C@H](O)[C@@H](O)C(O)O[C@@H]3CO)O[C@@H]2CO)O[C@H](CO)[C@@H](O)[C@@H]1O[C@@H]1O[C@H](CO[C@]2(C(=O)O)C[C@H](O)[C@@H](NC(C)=O)[C@H]([C@H](O)[C@H](O)CO)O2)[C@H](O)[C@H](O)[C@H]1O. The summed E-state index contributed by atoms with van der Waals surface area (Å²) in [6.07, 6.45) is -46.1. The molecule has 2 amide bonds. The van der Waals surface area contributed by atoms with Gasteiger partial charge < -0.3 is 140 Å². The van der Waals surface area contributed by atoms with Gasteiger partial charge in [0.1, 0.15) is 116 Å². The fraction of sp³-hybridized carbons (Fsp3) is 0.919. The molecule has 5 saturated heterocycles. The van der Waals surface area contributed by atoms with E-state index in [4.69, 9.17) is 42.6 Å². The Bertz CT molecular complexity index is 1650. The van der Waals surface area contributed by atoms with E-state index in [2.05, 4.69) is 10.6 Å². The Morgan fingerprint density at radius 3 is 1.62 bits per heavy atom. The van der Waals surface area contributed by atoms with Crippen molar-refractivity contribution in [3.05, 3.63) is 0 Å². The number of carbonyl (C=O) groups is 3. The molecule has 19 N–H and O–H groups in total. The van der Waals surface area contributed by atoms with Crippen LogP contribution in [0.4, 0.5) is 0 Å². The van der Waals surface area contributed by atoms with E-state index in [1.54, 1.807) is 0 Å². The Labute approximate surface area is 384 Å². The number of hydrogen-bond acceptors (Lipinski definition) is 28. The second-order valence-corrected chi connectivity index (χ2v) is 16.9. The van der Waals surface area contributed by atoms with Crippen LogP contribution in [0.25, 0.3) is 0 Å². The lowest BCUT2D eigenvalue weighted by atomic mass is 9.88. The van der Waals surface area contributed by atoms with Crippen LogP contribution in [-0.2, 0) is 57.0 Å². The van der Waals surface area contributed by atoms with Gasteiger partial charge in [0.2, 0.25) is 11.8 Å². The minimum absolute atomic E-state index is 0.780. The topological polar surface area (TPSA) is 502 Å². The summed E-state index contributed by atoms with van der Waals surface area (Å²) >= 11 is 0. The number of amides is 2. The van der Waals surface area contributed by atoms with E-state index in [0.29, 0.717) is 0 Å². The average Bonchev–Trinajstić information content (AvgIpc) is 3.29. The Balaban J connectivity index is 1.37. The maximum Gasteiger partial charge on any atom is 0.364 e. The Morgan fingerprint density at radius 1 is 0.588 bits per heavy atom. The Kier molecular flexibility index (Phi) is 19.7. The van der Waals surface area contributed by atoms with Crippen molar-refractivity contribution >= 4 is 17.8 Å². The standard InChI is InChI=1S/C37H62N2O29/c1-9(44)38-17-11(46)3-37(36(58)59,68-31(17)19(48)12(47)4-40)60-8-16-20(49)22(51)26(55)34(64-16)67-30-18(39-10(2)45)33(62-13(5-41)21(30)50)65-29-15(7-43)63-35(27(56)24(29)53)66-28-14(6-42)61-32(57)25(54)23(28)52/h11-35,40-43,46-57H,3-8H2,1-2H3,(H,38,44)(H,39,45)(H,58,59)/t11-,12+,13+,14+,15+,16+,17+,18+,19+,20-,21+,22-,23+,24+,25+,26+,27+,28+,29-,30+,31+,32?,33-,34-,35-,37+/m0/s1. The van der Waals surface area contributed by atoms with Crippen molar-refractivity contribution < 1.29 is 144 Å². The predicted molar refractivity (Wildman–Crippen MR) is 207 cm³/mol. The fourth-order valence-corrected chi connectivity index (χ4v) is 8.43. The molecule has 0 radical (unpaired) electrons. The molecule has 5 heterocycles. The third-order valence-electron chi connectivity index (χ3n) is 12.1. The molecular formula is C37H62N2O29. The van der Waals surface area contributed by atoms with Crippen molar-refractivity contribution in [3.63, 3.8) is 0 Å². The van der Waals surface area contributed by atoms with Crippen molar-refractivity contribution in [2.75, 3.05) is 33.0 Å². The third kappa shape index (κ3) is 12.0. The molecule has 5 rings (SSSR count). The number of hydrogen-bond donors (Lipinski definition) is 19. The Hall–Kier alpha value is -2.59. The van der Waals surface area contributed by atoms with Gasteiger partial charge in [-0.05, 0) is 0 Å². The number of rotatable bonds is 18. The molecule has 0 aromatic rings. The molecular weight excluding hydrogens is 936 g/mol. The highest BCUT2D eigenvalue weighted by Gasteiger charge is 2.59. The second kappa shape index (κ2) is 23.8. The van der Waals surface area contributed by atoms with Gasteiger partial charge in [-0.3, -0.25) is 9.59 Å². The summed E-state index contributed by atoms with van der Waals surface area (Å²) in [7, 11) is 0. The third-order valence-corrected chi connectivity index (χ3v) is 12.1. The number of carbonyl (C=O) groups excluding carboxylic acids is 2. The van der Waals surface area contributed by atoms with E-state index >= 15 is 0 Å². The van der Waals surface area contributed by atoms with Gasteiger partial charge >= 0.3 is 5.97 Å². The van der Waals surface area contributed by atoms with E-state index in [1.807, 2.05) is 0 Å². The van der Waals surface area contributed by atoms with E-state index < -0.39 is 216 Å². The monoisotopic (exact) mass is 998 g/mol. The zero-order valence-electron chi connectivity index (χ0n) is 36.2. The quantitative estimate of drug-likeness (QED) is 0.0606. The van der Waals surface area contributed by atoms with Crippen LogP contribution in [0.2, 0.25) is 0 Å². The first-order valence-electron chi connectivity index (χ1n) is 21.2. The second-order valence-electron chi connectivity index (χ2n) is 16.9. The van der Waals surface area contributed by atoms with Crippen molar-refractivity contribution in [1.29, 1.82) is 0 Å². The van der Waals surface area contributed by atoms with Crippen LogP contribution >= 0.6 is 0 Å². The molecule has 26 atom stereocenters. The summed E-state index contributed by atoms with van der Waals surface area (Å²) in [4.78, 5) is 37.2. The minimum Gasteiger partial charge on any atom is -0.477 e. The minimum atomic E-state index is -2.97. The van der Waals surface area contributed by atoms with Crippen molar-refractivity contribution in [3.8, 4) is 0 Å². The van der Waals surface area contributed by atoms with E-state index in [1.165, 1.54) is 0 Å². The van der Waals surface area contributed by atoms with E-state index in [0.717, 1.165) is 13.8 Å². The van der Waals surface area contributed by atoms with Crippen molar-refractivity contribution in [1.82, 2.24) is 10.6 Å². The van der Waals surface area contributed by atoms with Crippen LogP contribution in [-0.4, -0.2) is 297 Å². The number of carboxylic acids is 1. The van der Waals surface area contributed by atoms with Gasteiger partial charge in [0.25, 0.3) is 5.79 Å². The lowest BCUT2D eigenvalue weighted by Gasteiger charge is -2.50. The first-order valence-corrected chi connectivity index (χ1v) is 21.2. The fourth-order valence-electron chi connectivity index (χ4n) is 8.43. The van der Waals surface area contributed by atoms with Crippen LogP contribution in [0.15, 0.2) is 0 Å². The number of aliphatic hydroxyl groups excluding tert-OH is 16. The molecule has 0 spiro atoms. The van der Waals surface area contributed by atoms with Crippen LogP contribution < -0.4 is 10.6 Å². The molecule has 0 aromatic carbocycles. The molecule has 31 heteroatoms. The zero-order chi connectivity index (χ0) is 50.7. The largest absolute Gasteiger partial charge is 0.477 e. The molecule has 0 aromatic heterocycles. The Morgan fingerprint density at radius 2 is 1.07 bits per heavy atom. The molecule has 1 unspecified atom stereocenters. The zero-order valence-corrected chi connectivity index (χ0v) is 36.2. The number of carboxylic acid groups (broad SMARTS) is 1. The van der Waals surface area contributed by atoms with Crippen molar-refractivity contribution in [2.24, 2.45) is 0 Å². The summed E-state index contributed by atoms with van der Waals surface area (Å²) < 4.78 is 50.5. The molecule has 31 nitrogen and oxygen atoms in total. The lowest BCUT2D eigenvalue weighted by molar-refractivity contribution is -0.380. The summed E-state index contributed by atoms with van der Waals surface area (Å²) in [5.74, 6) is -6.59. The molecule has 0 bridgehead atoms. The maximum atomic E-state index is 12.7. The van der Waals surface area contributed by atoms with Gasteiger partial charge in [0.05, 0.1) is 45.2 Å². The van der Waals surface area contributed by atoms with Crippen LogP contribution in [0.1, 0.15) is 20.3 Å². The van der Waals surface area contributed by atoms with Crippen LogP contribution in [0, 0.1) is 0 Å². The molecule has 5 fully saturated rings. The highest BCUT2D eigenvalue weighted by atomic mass is 16.8. The molecule has 0 aliphatic carbocycles. The van der Waals surface area contributed by atoms with Gasteiger partial charge in [0.15, 0.2) is 25.2 Å². The van der Waals surface area contributed by atoms with E-state index in [-0.39, 0.29) is 0 Å². The smallest absolute Gasteiger partial charge is 0.364 e. The first-order chi connectivity index (χ1) is 31.9. The molecule has 5 aliphatic heterocycles. The number of aliphatic hydroxyl groups is 16. The van der Waals surface area contributed by atoms with Crippen LogP contribution in [0.3, 0.4) is 0 Å². The van der Waals surface area contributed by atoms with Crippen LogP contribution in [0.5, 0.6) is 0 Å². The summed E-state index contributed by atoms with van der Waals surface area (Å²) in [5.41, 5.74) is 0. The maximum absolute atomic E-state index is 12.7. The normalized spacial score (nSPS) is 46.6. The summed E-state index contributed by atoms with van der Waals surface area (Å²) in [5, 5.41) is 184. The van der Waals surface area contributed by atoms with Crippen molar-refractivity contribution in [2.45, 2.75) is 179 Å². The first kappa shape index (κ1) is 56.3. The molecule has 5 aliphatic rings. The molecule has 394 valence electrons. The number of ether oxygens (including phenoxy) is 9. The molecule has 0 saturated carbocycles. The molecule has 68 heavy (non-hydrogen) atoms. The highest BCUT2D eigenvalue weighted by Crippen LogP contribution is 2.37. The predicted octanol–water partition coefficient (Wildman–Crippen LogP) is -12.4. The van der Waals surface area contributed by atoms with Gasteiger partial charge in [0, 0.05) is 20.3 Å². The highest BCUT2D eigenvalue weighted by molar-refractivity contribution is 5.76. The van der Waals surface area contributed by atoms with Gasteiger partial charge in [-0.25, -0.2) is 4.79 Å². The summed E-state index contributed by atoms with van der Waals surface area (Å²) in [6, 6.07) is -3.36. The van der Waals surface area contributed by atoms with Gasteiger partial charge in [-0.2, -0.15) is 0 Å². The summed E-state index contributed by atoms with van der Waals surface area (Å²) in [6.45, 7) is -3.13. The number of nitrogens with one attached hydrogen (secondary N) is 2. The average molecular weight is 999 g/mol. The lowest BCUT2D eigenvalue weighted by Crippen LogP contribution is -2.70. The van der Waals surface area contributed by atoms with E-state index in [9.17, 15) is 101 Å².